The lowest BCUT2D eigenvalue weighted by Gasteiger charge is -2.26. The fourth-order valence-electron chi connectivity index (χ4n) is 3.45. The van der Waals surface area contributed by atoms with Crippen LogP contribution in [0.1, 0.15) is 0 Å². The van der Waals surface area contributed by atoms with Crippen molar-refractivity contribution in [3.05, 3.63) is 107 Å². The van der Waals surface area contributed by atoms with Crippen LogP contribution < -0.4 is 21.5 Å². The SMILES string of the molecule is CSc1nc(N=P(c2ccccc2)(c2ccccc2)c2ccccc2)cc(=O)n1C. The summed E-state index contributed by atoms with van der Waals surface area (Å²) in [5.74, 6) is 0.465. The molecule has 4 rings (SSSR count). The Kier molecular flexibility index (Phi) is 6.03. The summed E-state index contributed by atoms with van der Waals surface area (Å²) in [4.78, 5) is 17.3. The number of aromatic nitrogens is 2. The van der Waals surface area contributed by atoms with Gasteiger partial charge in [0.05, 0.1) is 7.05 Å². The van der Waals surface area contributed by atoms with Crippen LogP contribution in [-0.4, -0.2) is 15.8 Å². The highest BCUT2D eigenvalue weighted by Crippen LogP contribution is 2.48. The lowest BCUT2D eigenvalue weighted by Crippen LogP contribution is -2.25. The van der Waals surface area contributed by atoms with Crippen molar-refractivity contribution in [2.24, 2.45) is 11.8 Å². The molecule has 1 aromatic heterocycles. The van der Waals surface area contributed by atoms with Crippen LogP contribution in [0.4, 0.5) is 5.82 Å². The molecule has 0 fully saturated rings. The van der Waals surface area contributed by atoms with E-state index in [0.29, 0.717) is 11.0 Å². The highest BCUT2D eigenvalue weighted by molar-refractivity contribution is 7.98. The van der Waals surface area contributed by atoms with Gasteiger partial charge < -0.3 is 0 Å². The third-order valence-electron chi connectivity index (χ3n) is 4.90. The molecule has 0 saturated carbocycles. The van der Waals surface area contributed by atoms with E-state index in [2.05, 4.69) is 36.4 Å². The molecule has 0 atom stereocenters. The van der Waals surface area contributed by atoms with Gasteiger partial charge in [-0.1, -0.05) is 103 Å². The van der Waals surface area contributed by atoms with Gasteiger partial charge in [0.2, 0.25) is 0 Å². The second-order valence-electron chi connectivity index (χ2n) is 6.74. The molecule has 30 heavy (non-hydrogen) atoms. The van der Waals surface area contributed by atoms with Crippen LogP contribution >= 0.6 is 18.8 Å². The summed E-state index contributed by atoms with van der Waals surface area (Å²) in [6, 6.07) is 32.5. The Bertz CT molecular complexity index is 1150. The van der Waals surface area contributed by atoms with Crippen LogP contribution in [0, 0.1) is 0 Å². The largest absolute Gasteiger partial charge is 0.291 e. The number of hydrogen-bond acceptors (Lipinski definition) is 4. The first kappa shape index (κ1) is 20.4. The van der Waals surface area contributed by atoms with Gasteiger partial charge in [0.25, 0.3) is 5.56 Å². The zero-order chi connectivity index (χ0) is 21.0. The minimum Gasteiger partial charge on any atom is -0.291 e. The van der Waals surface area contributed by atoms with Crippen molar-refractivity contribution in [3.8, 4) is 0 Å². The number of rotatable bonds is 5. The molecule has 0 aliphatic heterocycles. The van der Waals surface area contributed by atoms with Gasteiger partial charge in [0, 0.05) is 29.0 Å². The molecular weight excluding hydrogens is 409 g/mol. The molecule has 0 spiro atoms. The molecule has 1 heterocycles. The van der Waals surface area contributed by atoms with E-state index >= 15 is 0 Å². The van der Waals surface area contributed by atoms with Crippen LogP contribution in [0.3, 0.4) is 0 Å². The molecule has 0 amide bonds. The monoisotopic (exact) mass is 431 g/mol. The first-order valence-electron chi connectivity index (χ1n) is 9.56. The third-order valence-corrected chi connectivity index (χ3v) is 9.28. The van der Waals surface area contributed by atoms with Gasteiger partial charge in [-0.3, -0.25) is 9.36 Å². The molecular formula is C24H22N3OPS. The Morgan fingerprint density at radius 2 is 1.23 bits per heavy atom. The maximum atomic E-state index is 12.6. The molecule has 0 N–H and O–H groups in total. The van der Waals surface area contributed by atoms with E-state index in [1.165, 1.54) is 17.8 Å². The molecule has 0 aliphatic rings. The molecule has 0 aliphatic carbocycles. The fraction of sp³-hybridized carbons (Fsp3) is 0.0833. The topological polar surface area (TPSA) is 47.2 Å². The minimum absolute atomic E-state index is 0.111. The summed E-state index contributed by atoms with van der Waals surface area (Å²) in [7, 11) is -0.700. The number of thioether (sulfide) groups is 1. The first-order valence-corrected chi connectivity index (χ1v) is 12.5. The van der Waals surface area contributed by atoms with E-state index < -0.39 is 7.05 Å². The van der Waals surface area contributed by atoms with Gasteiger partial charge in [-0.25, -0.2) is 9.73 Å². The summed E-state index contributed by atoms with van der Waals surface area (Å²) in [5, 5.41) is 4.01. The summed E-state index contributed by atoms with van der Waals surface area (Å²) >= 11 is 1.44. The first-order chi connectivity index (χ1) is 14.6. The minimum atomic E-state index is -2.44. The molecule has 150 valence electrons. The molecule has 6 heteroatoms. The average molecular weight is 432 g/mol. The number of hydrogen-bond donors (Lipinski definition) is 0. The van der Waals surface area contributed by atoms with Crippen molar-refractivity contribution in [3.63, 3.8) is 0 Å². The Hall–Kier alpha value is -2.88. The summed E-state index contributed by atoms with van der Waals surface area (Å²) < 4.78 is 6.84. The van der Waals surface area contributed by atoms with Crippen molar-refractivity contribution in [1.29, 1.82) is 0 Å². The van der Waals surface area contributed by atoms with Crippen molar-refractivity contribution in [1.82, 2.24) is 9.55 Å². The van der Waals surface area contributed by atoms with Crippen LogP contribution in [0.2, 0.25) is 0 Å². The van der Waals surface area contributed by atoms with Gasteiger partial charge in [-0.2, -0.15) is 0 Å². The van der Waals surface area contributed by atoms with Crippen LogP contribution in [0.5, 0.6) is 0 Å². The smallest absolute Gasteiger partial charge is 0.256 e. The standard InChI is InChI=1S/C24H22N3OPS/c1-27-23(28)18-22(25-24(27)30-2)26-29(19-12-6-3-7-13-19,20-14-8-4-9-15-20)21-16-10-5-11-17-21/h3-18H,1-2H3. The summed E-state index contributed by atoms with van der Waals surface area (Å²) in [5.41, 5.74) is -0.111. The second kappa shape index (κ2) is 8.86. The van der Waals surface area contributed by atoms with E-state index in [-0.39, 0.29) is 5.56 Å². The quantitative estimate of drug-likeness (QED) is 0.269. The zero-order valence-corrected chi connectivity index (χ0v) is 18.6. The van der Waals surface area contributed by atoms with Crippen molar-refractivity contribution < 1.29 is 0 Å². The lowest BCUT2D eigenvalue weighted by molar-refractivity contribution is 0.711. The molecule has 4 nitrogen and oxygen atoms in total. The van der Waals surface area contributed by atoms with Gasteiger partial charge in [-0.15, -0.1) is 0 Å². The molecule has 0 radical (unpaired) electrons. The average Bonchev–Trinajstić information content (AvgIpc) is 2.81. The predicted octanol–water partition coefficient (Wildman–Crippen LogP) is 4.31. The normalized spacial score (nSPS) is 11.3. The number of benzene rings is 3. The highest BCUT2D eigenvalue weighted by Gasteiger charge is 2.27. The van der Waals surface area contributed by atoms with E-state index in [9.17, 15) is 4.79 Å². The van der Waals surface area contributed by atoms with Gasteiger partial charge in [0.15, 0.2) is 11.0 Å². The van der Waals surface area contributed by atoms with E-state index in [1.807, 2.05) is 60.9 Å². The lowest BCUT2D eigenvalue weighted by atomic mass is 10.4. The van der Waals surface area contributed by atoms with Crippen LogP contribution in [0.15, 0.2) is 112 Å². The Balaban J connectivity index is 2.15. The highest BCUT2D eigenvalue weighted by atomic mass is 32.2. The Morgan fingerprint density at radius 1 is 0.800 bits per heavy atom. The molecule has 0 saturated heterocycles. The van der Waals surface area contributed by atoms with Crippen LogP contribution in [0.25, 0.3) is 0 Å². The maximum absolute atomic E-state index is 12.6. The predicted molar refractivity (Wildman–Crippen MR) is 128 cm³/mol. The van der Waals surface area contributed by atoms with E-state index in [4.69, 9.17) is 9.73 Å². The zero-order valence-electron chi connectivity index (χ0n) is 16.8. The van der Waals surface area contributed by atoms with Gasteiger partial charge in [0.1, 0.15) is 0 Å². The second-order valence-corrected chi connectivity index (χ2v) is 10.5. The molecule has 0 unspecified atom stereocenters. The molecule has 4 aromatic rings. The van der Waals surface area contributed by atoms with Gasteiger partial charge >= 0.3 is 0 Å². The van der Waals surface area contributed by atoms with Crippen molar-refractivity contribution in [2.45, 2.75) is 5.16 Å². The fourth-order valence-corrected chi connectivity index (χ4v) is 7.46. The summed E-state index contributed by atoms with van der Waals surface area (Å²) in [6.45, 7) is 0. The number of nitrogens with zero attached hydrogens (tertiary/aromatic N) is 3. The van der Waals surface area contributed by atoms with Crippen molar-refractivity contribution in [2.75, 3.05) is 6.26 Å². The van der Waals surface area contributed by atoms with Gasteiger partial charge in [-0.05, 0) is 6.26 Å². The van der Waals surface area contributed by atoms with E-state index in [0.717, 1.165) is 15.9 Å². The van der Waals surface area contributed by atoms with Crippen molar-refractivity contribution >= 4 is 40.5 Å². The maximum Gasteiger partial charge on any atom is 0.256 e. The summed E-state index contributed by atoms with van der Waals surface area (Å²) in [6.07, 6.45) is 1.92. The van der Waals surface area contributed by atoms with Crippen LogP contribution in [-0.2, 0) is 7.05 Å². The molecule has 3 aromatic carbocycles. The Labute approximate surface area is 180 Å². The van der Waals surface area contributed by atoms with E-state index in [1.54, 1.807) is 11.6 Å². The Morgan fingerprint density at radius 3 is 1.63 bits per heavy atom. The molecule has 0 bridgehead atoms. The third kappa shape index (κ3) is 3.79.